The zero-order valence-electron chi connectivity index (χ0n) is 27.7. The predicted molar refractivity (Wildman–Crippen MR) is 188 cm³/mol. The number of aliphatic hydroxyl groups excluding tert-OH is 1. The minimum absolute atomic E-state index is 0.0154. The molecule has 1 saturated heterocycles. The SMILES string of the molecule is C[C@@H]1O[C@@H](Oc2c(-c3ccc(O)cc3)oc3cc(O)cc(O)c3c2=O)[C@@H](O)[C@H](OC(=O)/C=C/c2ccc(O)cc2)[C@H]1OC(=O)/C=C/c1ccc(O)cc1. The maximum absolute atomic E-state index is 13.9. The molecule has 0 aliphatic carbocycles. The Kier molecular flexibility index (Phi) is 10.4. The first kappa shape index (κ1) is 36.0. The Hall–Kier alpha value is -6.77. The van der Waals surface area contributed by atoms with E-state index in [0.717, 1.165) is 24.3 Å². The summed E-state index contributed by atoms with van der Waals surface area (Å²) >= 11 is 0. The third-order valence-electron chi connectivity index (χ3n) is 8.15. The molecule has 0 amide bonds. The molecule has 6 N–H and O–H groups in total. The summed E-state index contributed by atoms with van der Waals surface area (Å²) in [5.41, 5.74) is 0.177. The van der Waals surface area contributed by atoms with Crippen molar-refractivity contribution in [2.45, 2.75) is 37.6 Å². The van der Waals surface area contributed by atoms with E-state index in [2.05, 4.69) is 0 Å². The third kappa shape index (κ3) is 8.25. The van der Waals surface area contributed by atoms with Gasteiger partial charge in [0.25, 0.3) is 0 Å². The number of hydrogen-bond acceptors (Lipinski definition) is 14. The number of ether oxygens (including phenoxy) is 4. The number of esters is 2. The van der Waals surface area contributed by atoms with Gasteiger partial charge in [-0.3, -0.25) is 4.79 Å². The van der Waals surface area contributed by atoms with Gasteiger partial charge in [0.2, 0.25) is 17.5 Å². The second-order valence-electron chi connectivity index (χ2n) is 11.9. The van der Waals surface area contributed by atoms with E-state index in [9.17, 15) is 45.0 Å². The van der Waals surface area contributed by atoms with Crippen LogP contribution < -0.4 is 10.2 Å². The maximum Gasteiger partial charge on any atom is 0.331 e. The van der Waals surface area contributed by atoms with Gasteiger partial charge in [-0.05, 0) is 78.7 Å². The van der Waals surface area contributed by atoms with Crippen molar-refractivity contribution in [1.82, 2.24) is 0 Å². The van der Waals surface area contributed by atoms with E-state index in [4.69, 9.17) is 23.4 Å². The molecule has 14 heteroatoms. The lowest BCUT2D eigenvalue weighted by Crippen LogP contribution is -2.61. The average molecular weight is 725 g/mol. The highest BCUT2D eigenvalue weighted by atomic mass is 16.7. The van der Waals surface area contributed by atoms with Crippen LogP contribution in [0, 0.1) is 0 Å². The number of phenolic OH excluding ortho intramolecular Hbond substituents is 5. The Morgan fingerprint density at radius 2 is 1.21 bits per heavy atom. The number of fused-ring (bicyclic) bond motifs is 1. The fourth-order valence-corrected chi connectivity index (χ4v) is 5.52. The molecule has 0 bridgehead atoms. The van der Waals surface area contributed by atoms with Crippen molar-refractivity contribution < 1.29 is 63.6 Å². The molecule has 1 aromatic heterocycles. The van der Waals surface area contributed by atoms with Crippen molar-refractivity contribution in [3.63, 3.8) is 0 Å². The van der Waals surface area contributed by atoms with E-state index in [1.54, 1.807) is 24.3 Å². The van der Waals surface area contributed by atoms with E-state index < -0.39 is 65.3 Å². The van der Waals surface area contributed by atoms with Gasteiger partial charge in [-0.25, -0.2) is 9.59 Å². The average Bonchev–Trinajstić information content (AvgIpc) is 3.12. The second kappa shape index (κ2) is 15.2. The molecule has 0 spiro atoms. The molecule has 0 unspecified atom stereocenters. The first-order valence-corrected chi connectivity index (χ1v) is 16.0. The molecule has 0 radical (unpaired) electrons. The van der Waals surface area contributed by atoms with E-state index in [-0.39, 0.29) is 39.5 Å². The van der Waals surface area contributed by atoms with Crippen LogP contribution >= 0.6 is 0 Å². The quantitative estimate of drug-likeness (QED) is 0.0894. The largest absolute Gasteiger partial charge is 0.508 e. The Morgan fingerprint density at radius 3 is 1.75 bits per heavy atom. The van der Waals surface area contributed by atoms with Crippen LogP contribution in [0.5, 0.6) is 34.5 Å². The molecule has 2 heterocycles. The van der Waals surface area contributed by atoms with E-state index in [1.165, 1.54) is 67.6 Å². The fraction of sp³-hybridized carbons (Fsp3) is 0.154. The lowest BCUT2D eigenvalue weighted by molar-refractivity contribution is -0.275. The molecule has 1 aliphatic rings. The Labute approximate surface area is 300 Å². The molecule has 0 saturated carbocycles. The smallest absolute Gasteiger partial charge is 0.331 e. The van der Waals surface area contributed by atoms with Gasteiger partial charge in [0.05, 0.1) is 6.10 Å². The first-order chi connectivity index (χ1) is 25.4. The zero-order chi connectivity index (χ0) is 37.8. The van der Waals surface area contributed by atoms with Crippen molar-refractivity contribution in [2.75, 3.05) is 0 Å². The van der Waals surface area contributed by atoms with Crippen molar-refractivity contribution in [2.24, 2.45) is 0 Å². The van der Waals surface area contributed by atoms with Gasteiger partial charge in [-0.1, -0.05) is 24.3 Å². The van der Waals surface area contributed by atoms with E-state index in [0.29, 0.717) is 11.1 Å². The van der Waals surface area contributed by atoms with Crippen LogP contribution in [0.15, 0.2) is 106 Å². The van der Waals surface area contributed by atoms with Crippen molar-refractivity contribution in [3.8, 4) is 45.8 Å². The number of carbonyl (C=O) groups excluding carboxylic acids is 2. The number of phenols is 5. The van der Waals surface area contributed by atoms with Gasteiger partial charge in [-0.2, -0.15) is 0 Å². The molecule has 1 fully saturated rings. The number of carbonyl (C=O) groups is 2. The van der Waals surface area contributed by atoms with Gasteiger partial charge in [0.1, 0.15) is 39.7 Å². The minimum Gasteiger partial charge on any atom is -0.508 e. The number of aromatic hydroxyl groups is 5. The van der Waals surface area contributed by atoms with Crippen LogP contribution in [0.2, 0.25) is 0 Å². The Bertz CT molecular complexity index is 2240. The predicted octanol–water partition coefficient (Wildman–Crippen LogP) is 4.72. The molecular formula is C39H32O14. The Balaban J connectivity index is 1.34. The van der Waals surface area contributed by atoms with Crippen LogP contribution in [-0.2, 0) is 23.8 Å². The topological polar surface area (TPSA) is 223 Å². The maximum atomic E-state index is 13.9. The first-order valence-electron chi connectivity index (χ1n) is 16.0. The van der Waals surface area contributed by atoms with Gasteiger partial charge in [0, 0.05) is 29.8 Å². The summed E-state index contributed by atoms with van der Waals surface area (Å²) in [6.07, 6.45) is -2.91. The van der Waals surface area contributed by atoms with Crippen LogP contribution in [0.1, 0.15) is 18.1 Å². The van der Waals surface area contributed by atoms with Crippen LogP contribution in [0.4, 0.5) is 0 Å². The number of benzene rings is 4. The monoisotopic (exact) mass is 724 g/mol. The van der Waals surface area contributed by atoms with Gasteiger partial charge in [0.15, 0.2) is 24.1 Å². The van der Waals surface area contributed by atoms with Crippen LogP contribution in [-0.4, -0.2) is 73.3 Å². The highest BCUT2D eigenvalue weighted by Gasteiger charge is 2.49. The third-order valence-corrected chi connectivity index (χ3v) is 8.15. The highest BCUT2D eigenvalue weighted by Crippen LogP contribution is 2.38. The minimum atomic E-state index is -1.91. The normalized spacial score (nSPS) is 20.1. The van der Waals surface area contributed by atoms with Crippen molar-refractivity contribution in [1.29, 1.82) is 0 Å². The van der Waals surface area contributed by atoms with E-state index in [1.807, 2.05) is 0 Å². The van der Waals surface area contributed by atoms with Gasteiger partial charge >= 0.3 is 11.9 Å². The molecule has 5 atom stereocenters. The summed E-state index contributed by atoms with van der Waals surface area (Å²) in [5.74, 6) is -3.72. The number of hydrogen-bond donors (Lipinski definition) is 6. The standard InChI is InChI=1S/C39H32O14/c1-20-35(51-30(45)16-6-21-2-10-24(40)11-3-21)38(52-31(46)17-7-22-4-12-25(41)13-5-22)34(48)39(49-20)53-37-33(47)32-28(44)18-27(43)19-29(32)50-36(37)23-8-14-26(42)15-9-23/h2-20,34-35,38-44,48H,1H3/b16-6+,17-7+/t20-,34-,35-,38-,39-/m0/s1. The van der Waals surface area contributed by atoms with Gasteiger partial charge in [-0.15, -0.1) is 0 Å². The Morgan fingerprint density at radius 1 is 0.698 bits per heavy atom. The molecule has 53 heavy (non-hydrogen) atoms. The fourth-order valence-electron chi connectivity index (χ4n) is 5.52. The van der Waals surface area contributed by atoms with Gasteiger partial charge < -0.3 is 54.0 Å². The zero-order valence-corrected chi connectivity index (χ0v) is 27.7. The van der Waals surface area contributed by atoms with Crippen molar-refractivity contribution in [3.05, 3.63) is 118 Å². The number of rotatable bonds is 9. The van der Waals surface area contributed by atoms with Crippen LogP contribution in [0.25, 0.3) is 34.4 Å². The molecule has 272 valence electrons. The van der Waals surface area contributed by atoms with E-state index >= 15 is 0 Å². The summed E-state index contributed by atoms with van der Waals surface area (Å²) in [7, 11) is 0. The molecule has 4 aromatic carbocycles. The number of aliphatic hydroxyl groups is 1. The summed E-state index contributed by atoms with van der Waals surface area (Å²) in [4.78, 5) is 40.0. The van der Waals surface area contributed by atoms with Crippen LogP contribution in [0.3, 0.4) is 0 Å². The molecule has 6 rings (SSSR count). The summed E-state index contributed by atoms with van der Waals surface area (Å²) < 4.78 is 29.0. The molecular weight excluding hydrogens is 692 g/mol. The summed E-state index contributed by atoms with van der Waals surface area (Å²) in [6.45, 7) is 1.45. The molecule has 5 aromatic rings. The molecule has 1 aliphatic heterocycles. The molecule has 14 nitrogen and oxygen atoms in total. The lowest BCUT2D eigenvalue weighted by Gasteiger charge is -2.41. The summed E-state index contributed by atoms with van der Waals surface area (Å²) in [5, 5.41) is 60.8. The second-order valence-corrected chi connectivity index (χ2v) is 11.9. The highest BCUT2D eigenvalue weighted by molar-refractivity contribution is 5.89. The lowest BCUT2D eigenvalue weighted by atomic mass is 9.99. The summed E-state index contributed by atoms with van der Waals surface area (Å²) in [6, 6.07) is 19.3. The van der Waals surface area contributed by atoms with Crippen molar-refractivity contribution >= 4 is 35.1 Å².